The fourth-order valence-electron chi connectivity index (χ4n) is 2.73. The molecule has 0 saturated heterocycles. The number of rotatable bonds is 6. The largest absolute Gasteiger partial charge is 0.325 e. The van der Waals surface area contributed by atoms with Crippen molar-refractivity contribution >= 4 is 29.0 Å². The summed E-state index contributed by atoms with van der Waals surface area (Å²) in [6, 6.07) is 9.25. The lowest BCUT2D eigenvalue weighted by Gasteiger charge is -2.12. The number of anilines is 1. The smallest absolute Gasteiger partial charge is 0.306 e. The molecule has 0 aliphatic rings. The second kappa shape index (κ2) is 8.39. The number of carbonyl (C=O) groups excluding carboxylic acids is 1. The van der Waals surface area contributed by atoms with Crippen LogP contribution in [-0.4, -0.2) is 31.3 Å². The Hall–Kier alpha value is -3.27. The van der Waals surface area contributed by atoms with Crippen LogP contribution in [0.25, 0.3) is 5.69 Å². The number of carbonyl (C=O) groups is 1. The lowest BCUT2D eigenvalue weighted by molar-refractivity contribution is -0.387. The zero-order chi connectivity index (χ0) is 21.1. The first-order valence-corrected chi connectivity index (χ1v) is 9.61. The summed E-state index contributed by atoms with van der Waals surface area (Å²) in [6.45, 7) is 5.80. The Labute approximate surface area is 170 Å². The van der Waals surface area contributed by atoms with Crippen LogP contribution < -0.4 is 5.32 Å². The van der Waals surface area contributed by atoms with Crippen LogP contribution in [0.5, 0.6) is 0 Å². The highest BCUT2D eigenvalue weighted by Crippen LogP contribution is 2.26. The number of nitro benzene ring substituents is 1. The molecule has 0 unspecified atom stereocenters. The van der Waals surface area contributed by atoms with Gasteiger partial charge in [0.25, 0.3) is 0 Å². The molecule has 29 heavy (non-hydrogen) atoms. The molecule has 0 atom stereocenters. The molecule has 0 fully saturated rings. The molecule has 0 aliphatic heterocycles. The Bertz CT molecular complexity index is 1100. The van der Waals surface area contributed by atoms with Gasteiger partial charge in [-0.3, -0.25) is 19.5 Å². The molecule has 0 spiro atoms. The minimum absolute atomic E-state index is 0.00811. The Morgan fingerprint density at radius 1 is 1.21 bits per heavy atom. The molecule has 0 aliphatic carbocycles. The van der Waals surface area contributed by atoms with E-state index in [4.69, 9.17) is 0 Å². The molecular weight excluding hydrogens is 397 g/mol. The van der Waals surface area contributed by atoms with Gasteiger partial charge in [0.05, 0.1) is 16.4 Å². The maximum atomic E-state index is 13.4. The van der Waals surface area contributed by atoms with E-state index in [1.807, 2.05) is 43.5 Å². The molecule has 8 nitrogen and oxygen atoms in total. The fourth-order valence-corrected chi connectivity index (χ4v) is 3.52. The summed E-state index contributed by atoms with van der Waals surface area (Å²) in [5.41, 5.74) is 2.52. The summed E-state index contributed by atoms with van der Waals surface area (Å²) in [4.78, 5) is 22.3. The quantitative estimate of drug-likeness (QED) is 0.371. The van der Waals surface area contributed by atoms with Gasteiger partial charge in [-0.15, -0.1) is 10.2 Å². The second-order valence-electron chi connectivity index (χ2n) is 6.42. The van der Waals surface area contributed by atoms with E-state index < -0.39 is 22.3 Å². The van der Waals surface area contributed by atoms with E-state index >= 15 is 0 Å². The maximum absolute atomic E-state index is 13.4. The monoisotopic (exact) mass is 415 g/mol. The number of nitrogens with one attached hydrogen (secondary N) is 1. The lowest BCUT2D eigenvalue weighted by Crippen LogP contribution is -2.15. The highest BCUT2D eigenvalue weighted by Gasteiger charge is 2.17. The van der Waals surface area contributed by atoms with Crippen LogP contribution in [0.2, 0.25) is 0 Å². The summed E-state index contributed by atoms with van der Waals surface area (Å²) in [6.07, 6.45) is 0. The van der Waals surface area contributed by atoms with Crippen molar-refractivity contribution in [2.75, 3.05) is 11.1 Å². The zero-order valence-corrected chi connectivity index (χ0v) is 16.8. The minimum atomic E-state index is -0.959. The number of amides is 1. The molecule has 1 heterocycles. The molecule has 1 aromatic heterocycles. The summed E-state index contributed by atoms with van der Waals surface area (Å²) >= 11 is 1.19. The molecule has 10 heteroatoms. The Balaban J connectivity index is 1.74. The van der Waals surface area contributed by atoms with E-state index in [2.05, 4.69) is 15.5 Å². The zero-order valence-electron chi connectivity index (χ0n) is 16.0. The van der Waals surface area contributed by atoms with Gasteiger partial charge in [-0.1, -0.05) is 23.9 Å². The predicted octanol–water partition coefficient (Wildman–Crippen LogP) is 3.97. The van der Waals surface area contributed by atoms with Gasteiger partial charge in [-0.2, -0.15) is 4.39 Å². The summed E-state index contributed by atoms with van der Waals surface area (Å²) in [5, 5.41) is 22.2. The van der Waals surface area contributed by atoms with Gasteiger partial charge in [0.15, 0.2) is 5.16 Å². The van der Waals surface area contributed by atoms with Crippen molar-refractivity contribution in [3.63, 3.8) is 0 Å². The first-order valence-electron chi connectivity index (χ1n) is 8.62. The third-order valence-electron chi connectivity index (χ3n) is 4.16. The molecule has 0 bridgehead atoms. The molecule has 3 aromatic rings. The van der Waals surface area contributed by atoms with E-state index in [0.717, 1.165) is 28.9 Å². The molecule has 150 valence electrons. The maximum Gasteiger partial charge on any atom is 0.306 e. The second-order valence-corrected chi connectivity index (χ2v) is 7.36. The van der Waals surface area contributed by atoms with Crippen molar-refractivity contribution in [1.82, 2.24) is 14.8 Å². The van der Waals surface area contributed by atoms with Crippen molar-refractivity contribution in [1.29, 1.82) is 0 Å². The van der Waals surface area contributed by atoms with E-state index in [1.54, 1.807) is 0 Å². The molecule has 1 amide bonds. The van der Waals surface area contributed by atoms with Crippen LogP contribution in [0.15, 0.2) is 41.6 Å². The summed E-state index contributed by atoms with van der Waals surface area (Å²) < 4.78 is 15.3. The topological polar surface area (TPSA) is 103 Å². The average molecular weight is 415 g/mol. The Morgan fingerprint density at radius 3 is 2.69 bits per heavy atom. The SMILES string of the molecule is Cc1ccc(C)c(-n2c(C)nnc2SCC(=O)Nc2ccc(F)c([N+](=O)[O-])c2)c1. The van der Waals surface area contributed by atoms with Crippen molar-refractivity contribution in [3.05, 3.63) is 69.3 Å². The fraction of sp³-hybridized carbons (Fsp3) is 0.211. The van der Waals surface area contributed by atoms with Gasteiger partial charge in [-0.05, 0) is 50.1 Å². The van der Waals surface area contributed by atoms with Gasteiger partial charge in [0.1, 0.15) is 5.82 Å². The van der Waals surface area contributed by atoms with Crippen LogP contribution in [0.3, 0.4) is 0 Å². The van der Waals surface area contributed by atoms with Crippen LogP contribution >= 0.6 is 11.8 Å². The van der Waals surface area contributed by atoms with E-state index in [9.17, 15) is 19.3 Å². The number of hydrogen-bond donors (Lipinski definition) is 1. The summed E-state index contributed by atoms with van der Waals surface area (Å²) in [5.74, 6) is -0.659. The van der Waals surface area contributed by atoms with Gasteiger partial charge < -0.3 is 5.32 Å². The number of nitrogens with zero attached hydrogens (tertiary/aromatic N) is 4. The number of benzene rings is 2. The number of aryl methyl sites for hydroxylation is 3. The van der Waals surface area contributed by atoms with E-state index in [1.165, 1.54) is 17.8 Å². The van der Waals surface area contributed by atoms with Crippen molar-refractivity contribution < 1.29 is 14.1 Å². The van der Waals surface area contributed by atoms with E-state index in [0.29, 0.717) is 11.0 Å². The third-order valence-corrected chi connectivity index (χ3v) is 5.09. The third kappa shape index (κ3) is 4.60. The van der Waals surface area contributed by atoms with Crippen LogP contribution in [0.4, 0.5) is 15.8 Å². The van der Waals surface area contributed by atoms with Crippen LogP contribution in [-0.2, 0) is 4.79 Å². The molecule has 0 saturated carbocycles. The Morgan fingerprint density at radius 2 is 1.97 bits per heavy atom. The number of nitro groups is 1. The predicted molar refractivity (Wildman–Crippen MR) is 108 cm³/mol. The van der Waals surface area contributed by atoms with Gasteiger partial charge in [0, 0.05) is 11.8 Å². The highest BCUT2D eigenvalue weighted by atomic mass is 32.2. The van der Waals surface area contributed by atoms with Crippen molar-refractivity contribution in [2.45, 2.75) is 25.9 Å². The molecular formula is C19H18FN5O3S. The lowest BCUT2D eigenvalue weighted by atomic mass is 10.1. The van der Waals surface area contributed by atoms with Crippen LogP contribution in [0, 0.1) is 36.7 Å². The molecule has 1 N–H and O–H groups in total. The Kier molecular flexibility index (Phi) is 5.92. The molecule has 2 aromatic carbocycles. The number of thioether (sulfide) groups is 1. The van der Waals surface area contributed by atoms with E-state index in [-0.39, 0.29) is 11.4 Å². The number of halogens is 1. The van der Waals surface area contributed by atoms with Gasteiger partial charge in [-0.25, -0.2) is 0 Å². The first-order chi connectivity index (χ1) is 13.8. The van der Waals surface area contributed by atoms with Gasteiger partial charge in [0.2, 0.25) is 11.7 Å². The van der Waals surface area contributed by atoms with Crippen LogP contribution in [0.1, 0.15) is 17.0 Å². The highest BCUT2D eigenvalue weighted by molar-refractivity contribution is 7.99. The summed E-state index contributed by atoms with van der Waals surface area (Å²) in [7, 11) is 0. The average Bonchev–Trinajstić information content (AvgIpc) is 3.03. The van der Waals surface area contributed by atoms with Crippen molar-refractivity contribution in [2.24, 2.45) is 0 Å². The minimum Gasteiger partial charge on any atom is -0.325 e. The normalized spacial score (nSPS) is 10.8. The molecule has 0 radical (unpaired) electrons. The van der Waals surface area contributed by atoms with Crippen molar-refractivity contribution in [3.8, 4) is 5.69 Å². The molecule has 3 rings (SSSR count). The standard InChI is InChI=1S/C19H18FN5O3S/c1-11-4-5-12(2)16(8-11)24-13(3)22-23-19(24)29-10-18(26)21-14-6-7-15(20)17(9-14)25(27)28/h4-9H,10H2,1-3H3,(H,21,26). The van der Waals surface area contributed by atoms with Gasteiger partial charge >= 0.3 is 5.69 Å². The number of aromatic nitrogens is 3. The number of hydrogen-bond acceptors (Lipinski definition) is 6. The first kappa shape index (κ1) is 20.5.